The topological polar surface area (TPSA) is 83.0 Å². The number of likely N-dealkylation sites (N-methyl/N-ethyl adjacent to an activating group) is 1. The van der Waals surface area contributed by atoms with Crippen molar-refractivity contribution >= 4 is 10.0 Å². The van der Waals surface area contributed by atoms with E-state index in [0.717, 1.165) is 26.2 Å². The van der Waals surface area contributed by atoms with E-state index in [2.05, 4.69) is 9.80 Å². The highest BCUT2D eigenvalue weighted by Gasteiger charge is 2.30. The molecule has 1 aromatic rings. The summed E-state index contributed by atoms with van der Waals surface area (Å²) in [4.78, 5) is 4.40. The second kappa shape index (κ2) is 6.89. The number of hydrogen-bond donors (Lipinski definition) is 1. The maximum Gasteiger partial charge on any atom is 0.276 e. The first-order chi connectivity index (χ1) is 9.93. The van der Waals surface area contributed by atoms with Crippen LogP contribution in [0.2, 0.25) is 0 Å². The SMILES string of the molecule is CN(C)CCN1CCN(S(=O)(=O)c2ccc(CN)o2)CC1. The Kier molecular flexibility index (Phi) is 5.39. The summed E-state index contributed by atoms with van der Waals surface area (Å²) >= 11 is 0. The van der Waals surface area contributed by atoms with Gasteiger partial charge in [-0.05, 0) is 26.2 Å². The first-order valence-corrected chi connectivity index (χ1v) is 8.53. The van der Waals surface area contributed by atoms with E-state index >= 15 is 0 Å². The summed E-state index contributed by atoms with van der Waals surface area (Å²) in [6, 6.07) is 3.09. The monoisotopic (exact) mass is 316 g/mol. The third-order valence-electron chi connectivity index (χ3n) is 3.63. The van der Waals surface area contributed by atoms with Crippen molar-refractivity contribution in [2.24, 2.45) is 5.73 Å². The quantitative estimate of drug-likeness (QED) is 0.769. The largest absolute Gasteiger partial charge is 0.447 e. The first-order valence-electron chi connectivity index (χ1n) is 7.09. The van der Waals surface area contributed by atoms with Crippen molar-refractivity contribution < 1.29 is 12.8 Å². The molecule has 0 amide bonds. The Balaban J connectivity index is 1.94. The van der Waals surface area contributed by atoms with E-state index in [1.54, 1.807) is 6.07 Å². The smallest absolute Gasteiger partial charge is 0.276 e. The van der Waals surface area contributed by atoms with Gasteiger partial charge in [0.2, 0.25) is 5.09 Å². The van der Waals surface area contributed by atoms with E-state index in [-0.39, 0.29) is 11.6 Å². The Morgan fingerprint density at radius 1 is 1.24 bits per heavy atom. The van der Waals surface area contributed by atoms with Gasteiger partial charge in [-0.1, -0.05) is 0 Å². The Hall–Kier alpha value is -0.930. The van der Waals surface area contributed by atoms with E-state index in [4.69, 9.17) is 10.2 Å². The van der Waals surface area contributed by atoms with Crippen molar-refractivity contribution in [3.8, 4) is 0 Å². The molecule has 21 heavy (non-hydrogen) atoms. The van der Waals surface area contributed by atoms with Crippen LogP contribution in [-0.2, 0) is 16.6 Å². The van der Waals surface area contributed by atoms with Crippen molar-refractivity contribution in [3.05, 3.63) is 17.9 Å². The zero-order valence-corrected chi connectivity index (χ0v) is 13.5. The molecule has 0 aromatic carbocycles. The van der Waals surface area contributed by atoms with E-state index < -0.39 is 10.0 Å². The minimum Gasteiger partial charge on any atom is -0.447 e. The molecule has 1 aromatic heterocycles. The van der Waals surface area contributed by atoms with Crippen molar-refractivity contribution in [1.82, 2.24) is 14.1 Å². The molecule has 0 atom stereocenters. The lowest BCUT2D eigenvalue weighted by molar-refractivity contribution is 0.173. The Labute approximate surface area is 126 Å². The van der Waals surface area contributed by atoms with E-state index in [1.807, 2.05) is 14.1 Å². The van der Waals surface area contributed by atoms with Crippen LogP contribution in [0.3, 0.4) is 0 Å². The van der Waals surface area contributed by atoms with Crippen LogP contribution in [0.5, 0.6) is 0 Å². The van der Waals surface area contributed by atoms with Crippen LogP contribution >= 0.6 is 0 Å². The minimum atomic E-state index is -3.53. The highest BCUT2D eigenvalue weighted by molar-refractivity contribution is 7.89. The molecule has 0 saturated carbocycles. The molecule has 1 aliphatic heterocycles. The molecule has 2 N–H and O–H groups in total. The number of rotatable bonds is 6. The zero-order chi connectivity index (χ0) is 15.5. The van der Waals surface area contributed by atoms with Crippen LogP contribution in [0.4, 0.5) is 0 Å². The zero-order valence-electron chi connectivity index (χ0n) is 12.7. The van der Waals surface area contributed by atoms with Gasteiger partial charge in [0.1, 0.15) is 5.76 Å². The number of furan rings is 1. The van der Waals surface area contributed by atoms with Gasteiger partial charge in [-0.2, -0.15) is 4.31 Å². The second-order valence-corrected chi connectivity index (χ2v) is 7.34. The molecule has 2 rings (SSSR count). The van der Waals surface area contributed by atoms with Gasteiger partial charge in [-0.25, -0.2) is 8.42 Å². The van der Waals surface area contributed by atoms with Gasteiger partial charge in [-0.15, -0.1) is 0 Å². The van der Waals surface area contributed by atoms with E-state index in [0.29, 0.717) is 18.8 Å². The van der Waals surface area contributed by atoms with Crippen molar-refractivity contribution in [3.63, 3.8) is 0 Å². The van der Waals surface area contributed by atoms with Crippen molar-refractivity contribution in [2.75, 3.05) is 53.4 Å². The van der Waals surface area contributed by atoms with E-state index in [9.17, 15) is 8.42 Å². The predicted molar refractivity (Wildman–Crippen MR) is 80.4 cm³/mol. The summed E-state index contributed by atoms with van der Waals surface area (Å²) in [5.74, 6) is 0.484. The lowest BCUT2D eigenvalue weighted by Crippen LogP contribution is -2.49. The van der Waals surface area contributed by atoms with Crippen LogP contribution in [-0.4, -0.2) is 75.9 Å². The Morgan fingerprint density at radius 2 is 1.90 bits per heavy atom. The van der Waals surface area contributed by atoms with Gasteiger partial charge in [0.05, 0.1) is 6.54 Å². The molecule has 1 saturated heterocycles. The summed E-state index contributed by atoms with van der Waals surface area (Å²) in [7, 11) is 0.537. The van der Waals surface area contributed by atoms with Crippen molar-refractivity contribution in [2.45, 2.75) is 11.6 Å². The average Bonchev–Trinajstić information content (AvgIpc) is 2.95. The molecule has 1 aliphatic rings. The predicted octanol–water partition coefficient (Wildman–Crippen LogP) is -0.394. The minimum absolute atomic E-state index is 0.00954. The summed E-state index contributed by atoms with van der Waals surface area (Å²) in [5, 5.41) is -0.00954. The van der Waals surface area contributed by atoms with Crippen LogP contribution < -0.4 is 5.73 Å². The molecule has 0 spiro atoms. The highest BCUT2D eigenvalue weighted by atomic mass is 32.2. The number of nitrogens with zero attached hydrogens (tertiary/aromatic N) is 3. The van der Waals surface area contributed by atoms with Crippen LogP contribution in [0, 0.1) is 0 Å². The van der Waals surface area contributed by atoms with Crippen LogP contribution in [0.15, 0.2) is 21.6 Å². The molecule has 8 heteroatoms. The molecular weight excluding hydrogens is 292 g/mol. The van der Waals surface area contributed by atoms with Crippen LogP contribution in [0.25, 0.3) is 0 Å². The number of hydrogen-bond acceptors (Lipinski definition) is 6. The molecule has 1 fully saturated rings. The average molecular weight is 316 g/mol. The van der Waals surface area contributed by atoms with Gasteiger partial charge in [0.15, 0.2) is 0 Å². The molecule has 120 valence electrons. The van der Waals surface area contributed by atoms with E-state index in [1.165, 1.54) is 10.4 Å². The molecule has 2 heterocycles. The molecule has 7 nitrogen and oxygen atoms in total. The molecule has 0 unspecified atom stereocenters. The number of piperazine rings is 1. The normalized spacial score (nSPS) is 18.5. The molecule has 0 radical (unpaired) electrons. The fourth-order valence-corrected chi connectivity index (χ4v) is 3.62. The fourth-order valence-electron chi connectivity index (χ4n) is 2.27. The third-order valence-corrected chi connectivity index (χ3v) is 5.40. The fraction of sp³-hybridized carbons (Fsp3) is 0.692. The van der Waals surface area contributed by atoms with Gasteiger partial charge in [0.25, 0.3) is 10.0 Å². The summed E-state index contributed by atoms with van der Waals surface area (Å²) in [5.41, 5.74) is 5.45. The molecule has 0 aliphatic carbocycles. The van der Waals surface area contributed by atoms with Gasteiger partial charge < -0.3 is 15.1 Å². The summed E-state index contributed by atoms with van der Waals surface area (Å²) < 4.78 is 31.7. The van der Waals surface area contributed by atoms with Gasteiger partial charge in [-0.3, -0.25) is 4.90 Å². The third kappa shape index (κ3) is 4.04. The number of sulfonamides is 1. The lowest BCUT2D eigenvalue weighted by Gasteiger charge is -2.33. The maximum absolute atomic E-state index is 12.5. The maximum atomic E-state index is 12.5. The summed E-state index contributed by atoms with van der Waals surface area (Å²) in [6.45, 7) is 4.62. The van der Waals surface area contributed by atoms with Crippen LogP contribution in [0.1, 0.15) is 5.76 Å². The van der Waals surface area contributed by atoms with Gasteiger partial charge in [0, 0.05) is 39.3 Å². The Morgan fingerprint density at radius 3 is 2.43 bits per heavy atom. The Bertz CT molecular complexity index is 548. The summed E-state index contributed by atoms with van der Waals surface area (Å²) in [6.07, 6.45) is 0. The number of nitrogens with two attached hydrogens (primary N) is 1. The van der Waals surface area contributed by atoms with Gasteiger partial charge >= 0.3 is 0 Å². The second-order valence-electron chi connectivity index (χ2n) is 5.47. The molecular formula is C13H24N4O3S. The first kappa shape index (κ1) is 16.4. The molecule has 0 bridgehead atoms. The highest BCUT2D eigenvalue weighted by Crippen LogP contribution is 2.20. The standard InChI is InChI=1S/C13H24N4O3S/c1-15(2)5-6-16-7-9-17(10-8-16)21(18,19)13-4-3-12(11-14)20-13/h3-4H,5-11,14H2,1-2H3. The van der Waals surface area contributed by atoms with Crippen molar-refractivity contribution in [1.29, 1.82) is 0 Å². The lowest BCUT2D eigenvalue weighted by atomic mass is 10.3.